The molecule has 13 nitrogen and oxygen atoms in total. The van der Waals surface area contributed by atoms with Gasteiger partial charge in [0.05, 0.1) is 29.3 Å². The number of rotatable bonds is 11. The topological polar surface area (TPSA) is 148 Å². The maximum absolute atomic E-state index is 13.1. The second-order valence-electron chi connectivity index (χ2n) is 12.5. The van der Waals surface area contributed by atoms with Crippen LogP contribution in [0.4, 0.5) is 17.3 Å². The molecule has 8 rings (SSSR count). The number of nitrogens with zero attached hydrogens (tertiary/aromatic N) is 7. The number of hydrogen-bond acceptors (Lipinski definition) is 11. The maximum atomic E-state index is 13.1. The first kappa shape index (κ1) is 30.1. The number of ether oxygens (including phenoxy) is 1. The summed E-state index contributed by atoms with van der Waals surface area (Å²) in [5, 5.41) is 22.2. The fraction of sp³-hybridized carbons (Fsp3) is 0.424. The van der Waals surface area contributed by atoms with Crippen LogP contribution in [-0.4, -0.2) is 72.8 Å². The number of aliphatic hydroxyl groups is 1. The van der Waals surface area contributed by atoms with E-state index in [9.17, 15) is 9.90 Å². The van der Waals surface area contributed by atoms with Gasteiger partial charge in [-0.25, -0.2) is 14.6 Å². The average Bonchev–Trinajstić information content (AvgIpc) is 3.69. The number of hydrogen-bond donors (Lipinski definition) is 3. The molecule has 0 saturated carbocycles. The first-order valence-electron chi connectivity index (χ1n) is 15.8. The summed E-state index contributed by atoms with van der Waals surface area (Å²) < 4.78 is 14.6. The van der Waals surface area contributed by atoms with Crippen molar-refractivity contribution in [2.45, 2.75) is 57.3 Å². The van der Waals surface area contributed by atoms with E-state index in [1.165, 1.54) is 0 Å². The molecule has 3 fully saturated rings. The van der Waals surface area contributed by atoms with Crippen LogP contribution in [0.5, 0.6) is 0 Å². The molecule has 7 heterocycles. The fourth-order valence-electron chi connectivity index (χ4n) is 6.74. The Balaban J connectivity index is 1.25. The van der Waals surface area contributed by atoms with Crippen LogP contribution >= 0.6 is 0 Å². The second-order valence-corrected chi connectivity index (χ2v) is 12.5. The Morgan fingerprint density at radius 1 is 1.04 bits per heavy atom. The van der Waals surface area contributed by atoms with Gasteiger partial charge in [0.25, 0.3) is 11.4 Å². The van der Waals surface area contributed by atoms with Gasteiger partial charge in [-0.2, -0.15) is 4.98 Å². The molecule has 5 aromatic rings. The van der Waals surface area contributed by atoms with Crippen LogP contribution in [0, 0.1) is 0 Å². The molecule has 3 aliphatic rings. The van der Waals surface area contributed by atoms with Crippen molar-refractivity contribution < 1.29 is 14.4 Å². The highest BCUT2D eigenvalue weighted by molar-refractivity contribution is 5.79. The average molecular weight is 626 g/mol. The third-order valence-electron chi connectivity index (χ3n) is 9.28. The van der Waals surface area contributed by atoms with Crippen LogP contribution in [0.1, 0.15) is 56.6 Å². The molecule has 4 aromatic heterocycles. The Morgan fingerprint density at radius 3 is 2.50 bits per heavy atom. The molecule has 2 bridgehead atoms. The van der Waals surface area contributed by atoms with Crippen molar-refractivity contribution in [2.75, 3.05) is 44.0 Å². The largest absolute Gasteiger partial charge is 0.394 e. The monoisotopic (exact) mass is 625 g/mol. The van der Waals surface area contributed by atoms with Gasteiger partial charge in [0.15, 0.2) is 11.5 Å². The number of nitrogens with one attached hydrogen (secondary N) is 2. The number of aromatic nitrogens is 6. The van der Waals surface area contributed by atoms with Crippen LogP contribution in [0.25, 0.3) is 22.5 Å². The number of benzene rings is 1. The van der Waals surface area contributed by atoms with Gasteiger partial charge in [0.2, 0.25) is 0 Å². The number of methoxy groups -OCH3 is 1. The number of aliphatic hydroxyl groups excluding tert-OH is 1. The van der Waals surface area contributed by atoms with Gasteiger partial charge >= 0.3 is 0 Å². The number of anilines is 3. The molecule has 0 radical (unpaired) electrons. The van der Waals surface area contributed by atoms with Gasteiger partial charge < -0.3 is 29.9 Å². The van der Waals surface area contributed by atoms with Crippen LogP contribution in [0.2, 0.25) is 0 Å². The Morgan fingerprint density at radius 2 is 1.80 bits per heavy atom. The lowest BCUT2D eigenvalue weighted by atomic mass is 9.71. The normalized spacial score (nSPS) is 20.0. The smallest absolute Gasteiger partial charge is 0.278 e. The molecule has 3 saturated heterocycles. The Labute approximate surface area is 266 Å². The summed E-state index contributed by atoms with van der Waals surface area (Å²) in [6, 6.07) is 14.7. The van der Waals surface area contributed by atoms with E-state index >= 15 is 0 Å². The van der Waals surface area contributed by atoms with Crippen molar-refractivity contribution in [2.24, 2.45) is 0 Å². The molecule has 0 aliphatic carbocycles. The van der Waals surface area contributed by atoms with E-state index in [4.69, 9.17) is 24.2 Å². The van der Waals surface area contributed by atoms with Crippen LogP contribution in [0.15, 0.2) is 64.0 Å². The van der Waals surface area contributed by atoms with E-state index in [-0.39, 0.29) is 30.4 Å². The van der Waals surface area contributed by atoms with Crippen molar-refractivity contribution in [1.82, 2.24) is 34.4 Å². The number of pyridine rings is 2. The standard InChI is InChI=1S/C33H39N9O4/c1-21(2)42-29-23(31(44)41(42)20-45-3)9-10-27(37-29)36-28-17-25(35-26(19-43)22-7-5-4-6-8-22)24(18-34-28)30-38-32(39-46-30)33-11-14-40(15-12-33)16-13-33/h4-10,17-18,21,26,43H,11-16,19-20H2,1-3H3,(H2,34,35,36,37)/t26-/m1/s1. The van der Waals surface area contributed by atoms with E-state index < -0.39 is 6.04 Å². The van der Waals surface area contributed by atoms with E-state index in [0.717, 1.165) is 50.3 Å². The zero-order chi connectivity index (χ0) is 31.8. The molecule has 3 aliphatic heterocycles. The quantitative estimate of drug-likeness (QED) is 0.191. The Kier molecular flexibility index (Phi) is 8.05. The number of fused-ring (bicyclic) bond motifs is 4. The molecule has 240 valence electrons. The lowest BCUT2D eigenvalue weighted by Gasteiger charge is -2.46. The van der Waals surface area contributed by atoms with Gasteiger partial charge in [-0.1, -0.05) is 35.5 Å². The molecule has 0 unspecified atom stereocenters. The zero-order valence-corrected chi connectivity index (χ0v) is 26.3. The van der Waals surface area contributed by atoms with Gasteiger partial charge in [-0.15, -0.1) is 0 Å². The first-order valence-corrected chi connectivity index (χ1v) is 15.8. The molecule has 1 atom stereocenters. The van der Waals surface area contributed by atoms with Gasteiger partial charge in [-0.05, 0) is 70.4 Å². The fourth-order valence-corrected chi connectivity index (χ4v) is 6.74. The molecule has 13 heteroatoms. The van der Waals surface area contributed by atoms with Crippen LogP contribution < -0.4 is 16.2 Å². The molecular formula is C33H39N9O4. The van der Waals surface area contributed by atoms with Gasteiger partial charge in [0, 0.05) is 30.8 Å². The SMILES string of the molecule is COCn1c(=O)c2ccc(Nc3cc(N[C@H](CO)c4ccccc4)c(-c4nc(C56CCN(CC5)CC6)no4)cn3)nc2n1C(C)C. The first-order chi connectivity index (χ1) is 22.4. The third kappa shape index (κ3) is 5.44. The van der Waals surface area contributed by atoms with Crippen molar-refractivity contribution in [3.8, 4) is 11.5 Å². The summed E-state index contributed by atoms with van der Waals surface area (Å²) in [6.45, 7) is 7.14. The predicted molar refractivity (Wildman–Crippen MR) is 174 cm³/mol. The molecule has 3 N–H and O–H groups in total. The Bertz CT molecular complexity index is 1880. The van der Waals surface area contributed by atoms with Gasteiger partial charge in [-0.3, -0.25) is 9.48 Å². The summed E-state index contributed by atoms with van der Waals surface area (Å²) in [4.78, 5) is 30.0. The van der Waals surface area contributed by atoms with Crippen molar-refractivity contribution >= 4 is 28.4 Å². The third-order valence-corrected chi connectivity index (χ3v) is 9.28. The highest BCUT2D eigenvalue weighted by atomic mass is 16.5. The summed E-state index contributed by atoms with van der Waals surface area (Å²) in [5.41, 5.74) is 2.57. The maximum Gasteiger partial charge on any atom is 0.278 e. The van der Waals surface area contributed by atoms with Crippen molar-refractivity contribution in [3.63, 3.8) is 0 Å². The van der Waals surface area contributed by atoms with E-state index in [2.05, 4.69) is 20.7 Å². The van der Waals surface area contributed by atoms with Crippen LogP contribution in [-0.2, 0) is 16.9 Å². The summed E-state index contributed by atoms with van der Waals surface area (Å²) in [5.74, 6) is 2.16. The van der Waals surface area contributed by atoms with Crippen molar-refractivity contribution in [3.05, 3.63) is 76.5 Å². The summed E-state index contributed by atoms with van der Waals surface area (Å²) >= 11 is 0. The van der Waals surface area contributed by atoms with Gasteiger partial charge in [0.1, 0.15) is 18.4 Å². The van der Waals surface area contributed by atoms with Crippen LogP contribution in [0.3, 0.4) is 0 Å². The summed E-state index contributed by atoms with van der Waals surface area (Å²) in [7, 11) is 1.56. The zero-order valence-electron chi connectivity index (χ0n) is 26.3. The lowest BCUT2D eigenvalue weighted by molar-refractivity contribution is 0.0747. The Hall–Kier alpha value is -4.59. The summed E-state index contributed by atoms with van der Waals surface area (Å²) in [6.07, 6.45) is 4.76. The van der Waals surface area contributed by atoms with E-state index in [0.29, 0.717) is 39.8 Å². The van der Waals surface area contributed by atoms with E-state index in [1.54, 1.807) is 30.1 Å². The molecule has 46 heavy (non-hydrogen) atoms. The number of piperidine rings is 3. The molecular weight excluding hydrogens is 586 g/mol. The molecule has 1 aromatic carbocycles. The minimum absolute atomic E-state index is 0.0234. The molecule has 0 spiro atoms. The second kappa shape index (κ2) is 12.3. The highest BCUT2D eigenvalue weighted by Gasteiger charge is 2.44. The molecule has 0 amide bonds. The minimum Gasteiger partial charge on any atom is -0.394 e. The van der Waals surface area contributed by atoms with E-state index in [1.807, 2.05) is 54.9 Å². The van der Waals surface area contributed by atoms with Crippen molar-refractivity contribution in [1.29, 1.82) is 0 Å². The predicted octanol–water partition coefficient (Wildman–Crippen LogP) is 4.45. The minimum atomic E-state index is -0.394. The highest BCUT2D eigenvalue weighted by Crippen LogP contribution is 2.42. The lowest BCUT2D eigenvalue weighted by Crippen LogP contribution is -2.51.